The molecule has 3 rings (SSSR count). The molecule has 0 bridgehead atoms. The van der Waals surface area contributed by atoms with Crippen LogP contribution in [0.2, 0.25) is 0 Å². The number of nitro benzene ring substituents is 2. The molecule has 0 radical (unpaired) electrons. The average Bonchev–Trinajstić information content (AvgIpc) is 2.83. The Morgan fingerprint density at radius 1 is 0.771 bits per heavy atom. The van der Waals surface area contributed by atoms with Crippen LogP contribution in [0.5, 0.6) is 0 Å². The lowest BCUT2D eigenvalue weighted by Crippen LogP contribution is -2.25. The third kappa shape index (κ3) is 6.57. The van der Waals surface area contributed by atoms with Crippen LogP contribution in [-0.4, -0.2) is 21.7 Å². The van der Waals surface area contributed by atoms with Crippen molar-refractivity contribution in [2.75, 3.05) is 10.6 Å². The quantitative estimate of drug-likeness (QED) is 0.149. The number of carbonyl (C=O) groups is 2. The summed E-state index contributed by atoms with van der Waals surface area (Å²) in [5.74, 6) is -1.32. The topological polar surface area (TPSA) is 144 Å². The maximum absolute atomic E-state index is 13.1. The van der Waals surface area contributed by atoms with E-state index in [2.05, 4.69) is 10.6 Å². The van der Waals surface area contributed by atoms with Crippen molar-refractivity contribution in [1.82, 2.24) is 0 Å². The normalized spacial score (nSPS) is 10.4. The molecule has 0 spiro atoms. The van der Waals surface area contributed by atoms with Gasteiger partial charge < -0.3 is 10.6 Å². The first kappa shape index (κ1) is 24.8. The van der Waals surface area contributed by atoms with Gasteiger partial charge in [0.25, 0.3) is 23.2 Å². The summed E-state index contributed by atoms with van der Waals surface area (Å²) >= 11 is 0. The Balaban J connectivity index is 1.94. The summed E-state index contributed by atoms with van der Waals surface area (Å²) in [5, 5.41) is 27.1. The van der Waals surface area contributed by atoms with Crippen LogP contribution in [0.1, 0.15) is 30.9 Å². The standard InChI is InChI=1S/C25H22N4O6/c1-16(2)18-11-9-17(10-12-18)13-23(24(30)26-19-5-3-7-21(14-19)28(32)33)25(31)27-20-6-4-8-22(15-20)29(34)35/h3-16H,1-2H3,(H,26,30)(H,27,31). The van der Waals surface area contributed by atoms with Crippen molar-refractivity contribution >= 4 is 40.6 Å². The van der Waals surface area contributed by atoms with Gasteiger partial charge in [0.15, 0.2) is 0 Å². The maximum atomic E-state index is 13.1. The van der Waals surface area contributed by atoms with Crippen LogP contribution in [0.25, 0.3) is 6.08 Å². The first-order chi connectivity index (χ1) is 16.6. The van der Waals surface area contributed by atoms with Crippen LogP contribution in [0.4, 0.5) is 22.7 Å². The van der Waals surface area contributed by atoms with Gasteiger partial charge in [-0.05, 0) is 35.3 Å². The molecule has 0 fully saturated rings. The monoisotopic (exact) mass is 474 g/mol. The molecule has 0 aliphatic rings. The highest BCUT2D eigenvalue weighted by molar-refractivity contribution is 6.28. The summed E-state index contributed by atoms with van der Waals surface area (Å²) in [4.78, 5) is 47.0. The van der Waals surface area contributed by atoms with Crippen LogP contribution in [0.3, 0.4) is 0 Å². The van der Waals surface area contributed by atoms with Gasteiger partial charge in [-0.2, -0.15) is 0 Å². The van der Waals surface area contributed by atoms with Gasteiger partial charge in [-0.1, -0.05) is 50.2 Å². The maximum Gasteiger partial charge on any atom is 0.271 e. The van der Waals surface area contributed by atoms with E-state index < -0.39 is 21.7 Å². The number of amides is 2. The molecular formula is C25H22N4O6. The highest BCUT2D eigenvalue weighted by atomic mass is 16.6. The van der Waals surface area contributed by atoms with Gasteiger partial charge >= 0.3 is 0 Å². The van der Waals surface area contributed by atoms with E-state index in [-0.39, 0.29) is 28.3 Å². The van der Waals surface area contributed by atoms with E-state index in [0.29, 0.717) is 11.5 Å². The van der Waals surface area contributed by atoms with Gasteiger partial charge in [0.05, 0.1) is 9.85 Å². The summed E-state index contributed by atoms with van der Waals surface area (Å²) in [7, 11) is 0. The third-order valence-electron chi connectivity index (χ3n) is 5.03. The Morgan fingerprint density at radius 2 is 1.23 bits per heavy atom. The van der Waals surface area contributed by atoms with Gasteiger partial charge in [-0.25, -0.2) is 0 Å². The summed E-state index contributed by atoms with van der Waals surface area (Å²) in [6.07, 6.45) is 1.38. The second kappa shape index (κ2) is 10.8. The highest BCUT2D eigenvalue weighted by Gasteiger charge is 2.20. The molecule has 0 unspecified atom stereocenters. The molecule has 2 amide bonds. The van der Waals surface area contributed by atoms with Gasteiger partial charge in [0, 0.05) is 35.6 Å². The minimum absolute atomic E-state index is 0.133. The van der Waals surface area contributed by atoms with Crippen molar-refractivity contribution < 1.29 is 19.4 Å². The molecular weight excluding hydrogens is 452 g/mol. The van der Waals surface area contributed by atoms with Crippen molar-refractivity contribution in [3.63, 3.8) is 0 Å². The van der Waals surface area contributed by atoms with Crippen LogP contribution < -0.4 is 10.6 Å². The summed E-state index contributed by atoms with van der Waals surface area (Å²) < 4.78 is 0. The molecule has 0 aliphatic heterocycles. The molecule has 35 heavy (non-hydrogen) atoms. The Bertz CT molecular complexity index is 1240. The van der Waals surface area contributed by atoms with E-state index >= 15 is 0 Å². The van der Waals surface area contributed by atoms with Crippen molar-refractivity contribution in [1.29, 1.82) is 0 Å². The lowest BCUT2D eigenvalue weighted by Gasteiger charge is -2.11. The van der Waals surface area contributed by atoms with Crippen molar-refractivity contribution in [2.45, 2.75) is 19.8 Å². The molecule has 0 saturated carbocycles. The average molecular weight is 474 g/mol. The smallest absolute Gasteiger partial charge is 0.271 e. The third-order valence-corrected chi connectivity index (χ3v) is 5.03. The molecule has 10 heteroatoms. The summed E-state index contributed by atoms with van der Waals surface area (Å²) in [5.41, 5.74) is 1.18. The molecule has 0 atom stereocenters. The number of nitrogens with zero attached hydrogens (tertiary/aromatic N) is 2. The number of anilines is 2. The lowest BCUT2D eigenvalue weighted by molar-refractivity contribution is -0.385. The Kier molecular flexibility index (Phi) is 7.67. The lowest BCUT2D eigenvalue weighted by atomic mass is 10.0. The number of hydrogen-bond acceptors (Lipinski definition) is 6. The largest absolute Gasteiger partial charge is 0.322 e. The van der Waals surface area contributed by atoms with Crippen LogP contribution >= 0.6 is 0 Å². The Morgan fingerprint density at radius 3 is 1.63 bits per heavy atom. The molecule has 10 nitrogen and oxygen atoms in total. The summed E-state index contributed by atoms with van der Waals surface area (Å²) in [6, 6.07) is 17.9. The Labute approximate surface area is 200 Å². The van der Waals surface area contributed by atoms with E-state index in [1.165, 1.54) is 54.6 Å². The van der Waals surface area contributed by atoms with E-state index in [9.17, 15) is 29.8 Å². The minimum atomic E-state index is -0.804. The molecule has 0 aromatic heterocycles. The van der Waals surface area contributed by atoms with E-state index in [1.54, 1.807) is 12.1 Å². The molecule has 3 aromatic carbocycles. The Hall–Kier alpha value is -4.86. The second-order valence-corrected chi connectivity index (χ2v) is 7.90. The number of nitrogens with one attached hydrogen (secondary N) is 2. The van der Waals surface area contributed by atoms with E-state index in [0.717, 1.165) is 5.56 Å². The minimum Gasteiger partial charge on any atom is -0.322 e. The van der Waals surface area contributed by atoms with Crippen LogP contribution in [0, 0.1) is 20.2 Å². The van der Waals surface area contributed by atoms with Gasteiger partial charge in [0.2, 0.25) is 0 Å². The number of carbonyl (C=O) groups excluding carboxylic acids is 2. The second-order valence-electron chi connectivity index (χ2n) is 7.90. The fourth-order valence-corrected chi connectivity index (χ4v) is 3.17. The molecule has 0 heterocycles. The first-order valence-electron chi connectivity index (χ1n) is 10.6. The number of non-ortho nitro benzene ring substituents is 2. The number of rotatable bonds is 8. The first-order valence-corrected chi connectivity index (χ1v) is 10.6. The van der Waals surface area contributed by atoms with Gasteiger partial charge in [-0.15, -0.1) is 0 Å². The molecule has 178 valence electrons. The molecule has 3 aromatic rings. The van der Waals surface area contributed by atoms with Crippen LogP contribution in [-0.2, 0) is 9.59 Å². The zero-order valence-corrected chi connectivity index (χ0v) is 18.9. The highest BCUT2D eigenvalue weighted by Crippen LogP contribution is 2.22. The fourth-order valence-electron chi connectivity index (χ4n) is 3.17. The molecule has 2 N–H and O–H groups in total. The number of nitro groups is 2. The molecule has 0 aliphatic carbocycles. The van der Waals surface area contributed by atoms with Gasteiger partial charge in [-0.3, -0.25) is 29.8 Å². The van der Waals surface area contributed by atoms with E-state index in [1.807, 2.05) is 26.0 Å². The van der Waals surface area contributed by atoms with Crippen molar-refractivity contribution in [3.05, 3.63) is 110 Å². The SMILES string of the molecule is CC(C)c1ccc(C=C(C(=O)Nc2cccc([N+](=O)[O-])c2)C(=O)Nc2cccc([N+](=O)[O-])c2)cc1. The fraction of sp³-hybridized carbons (Fsp3) is 0.120. The van der Waals surface area contributed by atoms with Gasteiger partial charge in [0.1, 0.15) is 5.57 Å². The zero-order chi connectivity index (χ0) is 25.5. The predicted molar refractivity (Wildman–Crippen MR) is 132 cm³/mol. The summed E-state index contributed by atoms with van der Waals surface area (Å²) in [6.45, 7) is 4.07. The zero-order valence-electron chi connectivity index (χ0n) is 18.9. The molecule has 0 saturated heterocycles. The number of hydrogen-bond donors (Lipinski definition) is 2. The van der Waals surface area contributed by atoms with Crippen molar-refractivity contribution in [3.8, 4) is 0 Å². The number of benzene rings is 3. The van der Waals surface area contributed by atoms with Crippen molar-refractivity contribution in [2.24, 2.45) is 0 Å². The van der Waals surface area contributed by atoms with E-state index in [4.69, 9.17) is 0 Å². The predicted octanol–water partition coefficient (Wildman–Crippen LogP) is 5.29. The van der Waals surface area contributed by atoms with Crippen LogP contribution in [0.15, 0.2) is 78.4 Å².